The summed E-state index contributed by atoms with van der Waals surface area (Å²) in [5.74, 6) is 5.01. The van der Waals surface area contributed by atoms with Gasteiger partial charge in [-0.2, -0.15) is 0 Å². The second-order valence-electron chi connectivity index (χ2n) is 3.36. The summed E-state index contributed by atoms with van der Waals surface area (Å²) in [4.78, 5) is 0. The fourth-order valence-corrected chi connectivity index (χ4v) is 0.675. The topological polar surface area (TPSA) is 60.2 Å². The smallest absolute Gasteiger partial charge is 0.220 e. The van der Waals surface area contributed by atoms with Crippen molar-refractivity contribution in [1.82, 2.24) is 0 Å². The lowest BCUT2D eigenvalue weighted by molar-refractivity contribution is 0.570. The molecule has 0 saturated carbocycles. The lowest BCUT2D eigenvalue weighted by Crippen LogP contribution is -2.15. The van der Waals surface area contributed by atoms with Gasteiger partial charge in [0.1, 0.15) is 5.75 Å². The Bertz CT molecular complexity index is 274. The first-order chi connectivity index (χ1) is 4.71. The van der Waals surface area contributed by atoms with E-state index in [4.69, 9.17) is 5.14 Å². The van der Waals surface area contributed by atoms with Gasteiger partial charge in [-0.05, 0) is 20.8 Å². The van der Waals surface area contributed by atoms with Gasteiger partial charge >= 0.3 is 0 Å². The molecule has 2 N–H and O–H groups in total. The van der Waals surface area contributed by atoms with E-state index in [1.807, 2.05) is 20.8 Å². The molecule has 0 amide bonds. The van der Waals surface area contributed by atoms with Crippen LogP contribution in [0.25, 0.3) is 0 Å². The normalized spacial score (nSPS) is 12.0. The number of hydrogen-bond donors (Lipinski definition) is 1. The predicted molar refractivity (Wildman–Crippen MR) is 45.2 cm³/mol. The van der Waals surface area contributed by atoms with Crippen LogP contribution in [0.1, 0.15) is 20.8 Å². The zero-order chi connectivity index (χ0) is 9.12. The van der Waals surface area contributed by atoms with E-state index in [1.54, 1.807) is 0 Å². The standard InChI is InChI=1S/C7H13NO2S/c1-7(2,3)5-4-6-11(8,9)10/h6H2,1-3H3,(H2,8,9,10). The van der Waals surface area contributed by atoms with Crippen molar-refractivity contribution in [3.63, 3.8) is 0 Å². The highest BCUT2D eigenvalue weighted by molar-refractivity contribution is 7.89. The van der Waals surface area contributed by atoms with Crippen LogP contribution in [0.5, 0.6) is 0 Å². The third kappa shape index (κ3) is 9.47. The summed E-state index contributed by atoms with van der Waals surface area (Å²) < 4.78 is 20.8. The lowest BCUT2D eigenvalue weighted by atomic mass is 9.98. The predicted octanol–water partition coefficient (Wildman–Crippen LogP) is 0.324. The average molecular weight is 175 g/mol. The molecule has 0 atom stereocenters. The minimum atomic E-state index is -3.42. The van der Waals surface area contributed by atoms with Crippen LogP contribution < -0.4 is 5.14 Å². The second-order valence-corrected chi connectivity index (χ2v) is 4.97. The maximum Gasteiger partial charge on any atom is 0.220 e. The van der Waals surface area contributed by atoms with E-state index in [9.17, 15) is 8.42 Å². The first-order valence-corrected chi connectivity index (χ1v) is 4.93. The van der Waals surface area contributed by atoms with E-state index in [2.05, 4.69) is 11.8 Å². The van der Waals surface area contributed by atoms with Gasteiger partial charge in [0.2, 0.25) is 10.0 Å². The van der Waals surface area contributed by atoms with Crippen molar-refractivity contribution < 1.29 is 8.42 Å². The Hall–Kier alpha value is -0.530. The van der Waals surface area contributed by atoms with E-state index in [1.165, 1.54) is 0 Å². The summed E-state index contributed by atoms with van der Waals surface area (Å²) in [6, 6.07) is 0. The van der Waals surface area contributed by atoms with Crippen LogP contribution in [-0.4, -0.2) is 14.2 Å². The van der Waals surface area contributed by atoms with Crippen molar-refractivity contribution in [2.75, 3.05) is 5.75 Å². The van der Waals surface area contributed by atoms with E-state index in [-0.39, 0.29) is 11.2 Å². The minimum absolute atomic E-state index is 0.162. The quantitative estimate of drug-likeness (QED) is 0.584. The zero-order valence-corrected chi connectivity index (χ0v) is 7.83. The maximum atomic E-state index is 10.4. The molecule has 0 aromatic rings. The minimum Gasteiger partial charge on any atom is -0.228 e. The fourth-order valence-electron chi connectivity index (χ4n) is 0.402. The molecule has 0 spiro atoms. The number of primary sulfonamides is 1. The van der Waals surface area contributed by atoms with Crippen LogP contribution >= 0.6 is 0 Å². The fraction of sp³-hybridized carbons (Fsp3) is 0.714. The summed E-state index contributed by atoms with van der Waals surface area (Å²) in [7, 11) is -3.42. The van der Waals surface area contributed by atoms with Gasteiger partial charge in [0, 0.05) is 5.41 Å². The third-order valence-corrected chi connectivity index (χ3v) is 1.28. The maximum absolute atomic E-state index is 10.4. The van der Waals surface area contributed by atoms with Crippen LogP contribution in [0.3, 0.4) is 0 Å². The average Bonchev–Trinajstić information content (AvgIpc) is 1.55. The Morgan fingerprint density at radius 2 is 1.82 bits per heavy atom. The molecule has 0 bridgehead atoms. The first-order valence-electron chi connectivity index (χ1n) is 3.21. The molecule has 0 aliphatic rings. The molecule has 3 nitrogen and oxygen atoms in total. The largest absolute Gasteiger partial charge is 0.228 e. The molecule has 0 aliphatic carbocycles. The highest BCUT2D eigenvalue weighted by Crippen LogP contribution is 2.09. The Morgan fingerprint density at radius 3 is 2.09 bits per heavy atom. The molecular formula is C7H13NO2S. The van der Waals surface area contributed by atoms with Crippen LogP contribution in [0.15, 0.2) is 0 Å². The first kappa shape index (κ1) is 10.5. The molecule has 0 rings (SSSR count). The molecule has 64 valence electrons. The Labute approximate surface area is 68.0 Å². The highest BCUT2D eigenvalue weighted by atomic mass is 32.2. The van der Waals surface area contributed by atoms with Gasteiger partial charge in [0.05, 0.1) is 0 Å². The third-order valence-electron chi connectivity index (χ3n) is 0.737. The van der Waals surface area contributed by atoms with Crippen LogP contribution in [0, 0.1) is 17.3 Å². The van der Waals surface area contributed by atoms with E-state index in [0.717, 1.165) is 0 Å². The molecule has 11 heavy (non-hydrogen) atoms. The van der Waals surface area contributed by atoms with Crippen molar-refractivity contribution in [2.45, 2.75) is 20.8 Å². The Balaban J connectivity index is 4.16. The van der Waals surface area contributed by atoms with Crippen LogP contribution in [0.2, 0.25) is 0 Å². The molecule has 0 aliphatic heterocycles. The molecule has 0 saturated heterocycles. The second kappa shape index (κ2) is 3.24. The van der Waals surface area contributed by atoms with Crippen LogP contribution in [-0.2, 0) is 10.0 Å². The summed E-state index contributed by atoms with van der Waals surface area (Å²) in [5.41, 5.74) is -0.162. The summed E-state index contributed by atoms with van der Waals surface area (Å²) >= 11 is 0. The van der Waals surface area contributed by atoms with E-state index in [0.29, 0.717) is 0 Å². The Kier molecular flexibility index (Phi) is 3.09. The Morgan fingerprint density at radius 1 is 1.36 bits per heavy atom. The van der Waals surface area contributed by atoms with Gasteiger partial charge in [-0.15, -0.1) is 0 Å². The number of hydrogen-bond acceptors (Lipinski definition) is 2. The molecular weight excluding hydrogens is 162 g/mol. The van der Waals surface area contributed by atoms with Crippen LogP contribution in [0.4, 0.5) is 0 Å². The SMILES string of the molecule is CC(C)(C)C#CCS(N)(=O)=O. The molecule has 0 heterocycles. The summed E-state index contributed by atoms with van der Waals surface area (Å²) in [6.45, 7) is 5.72. The summed E-state index contributed by atoms with van der Waals surface area (Å²) in [6.07, 6.45) is 0. The van der Waals surface area contributed by atoms with Crippen molar-refractivity contribution in [2.24, 2.45) is 10.6 Å². The molecule has 0 fully saturated rings. The van der Waals surface area contributed by atoms with Gasteiger partial charge in [-0.3, -0.25) is 0 Å². The van der Waals surface area contributed by atoms with Gasteiger partial charge in [0.25, 0.3) is 0 Å². The molecule has 0 radical (unpaired) electrons. The van der Waals surface area contributed by atoms with Gasteiger partial charge in [-0.1, -0.05) is 11.8 Å². The monoisotopic (exact) mass is 175 g/mol. The molecule has 0 unspecified atom stereocenters. The van der Waals surface area contributed by atoms with Gasteiger partial charge in [0.15, 0.2) is 0 Å². The van der Waals surface area contributed by atoms with Crippen molar-refractivity contribution in [3.05, 3.63) is 0 Å². The lowest BCUT2D eigenvalue weighted by Gasteiger charge is -2.06. The number of sulfonamides is 1. The zero-order valence-electron chi connectivity index (χ0n) is 7.01. The molecule has 4 heteroatoms. The van der Waals surface area contributed by atoms with Crippen molar-refractivity contribution in [3.8, 4) is 11.8 Å². The molecule has 0 aromatic carbocycles. The van der Waals surface area contributed by atoms with E-state index < -0.39 is 10.0 Å². The number of nitrogens with two attached hydrogens (primary N) is 1. The van der Waals surface area contributed by atoms with Gasteiger partial charge < -0.3 is 0 Å². The van der Waals surface area contributed by atoms with Crippen molar-refractivity contribution in [1.29, 1.82) is 0 Å². The summed E-state index contributed by atoms with van der Waals surface area (Å²) in [5, 5.41) is 4.73. The molecule has 0 aromatic heterocycles. The van der Waals surface area contributed by atoms with Crippen molar-refractivity contribution >= 4 is 10.0 Å². The van der Waals surface area contributed by atoms with E-state index >= 15 is 0 Å². The highest BCUT2D eigenvalue weighted by Gasteiger charge is 2.04. The number of rotatable bonds is 1. The van der Waals surface area contributed by atoms with Gasteiger partial charge in [-0.25, -0.2) is 13.6 Å².